The molecule has 1 heterocycles. The van der Waals surface area contributed by atoms with Crippen LogP contribution in [0.5, 0.6) is 5.75 Å². The number of rotatable bonds is 4. The summed E-state index contributed by atoms with van der Waals surface area (Å²) in [6.07, 6.45) is 4.30. The Balaban J connectivity index is 0.00000109. The molecule has 0 radical (unpaired) electrons. The second-order valence-electron chi connectivity index (χ2n) is 5.75. The van der Waals surface area contributed by atoms with Gasteiger partial charge in [0.05, 0.1) is 6.42 Å². The Hall–Kier alpha value is -2.55. The van der Waals surface area contributed by atoms with Crippen LogP contribution >= 0.6 is 0 Å². The molecule has 1 N–H and O–H groups in total. The van der Waals surface area contributed by atoms with Crippen LogP contribution in [0.2, 0.25) is 0 Å². The molecule has 25 heavy (non-hydrogen) atoms. The molecule has 0 aliphatic carbocycles. The van der Waals surface area contributed by atoms with E-state index in [1.807, 2.05) is 44.2 Å². The molecule has 3 rings (SSSR count). The minimum atomic E-state index is -0.820. The summed E-state index contributed by atoms with van der Waals surface area (Å²) < 4.78 is 5.96. The maximum atomic E-state index is 11.0. The van der Waals surface area contributed by atoms with E-state index in [1.54, 1.807) is 0 Å². The van der Waals surface area contributed by atoms with E-state index in [0.717, 1.165) is 40.9 Å². The van der Waals surface area contributed by atoms with Crippen LogP contribution in [-0.2, 0) is 17.8 Å². The monoisotopic (exact) mass is 338 g/mol. The highest BCUT2D eigenvalue weighted by molar-refractivity contribution is 5.85. The van der Waals surface area contributed by atoms with E-state index in [4.69, 9.17) is 9.84 Å². The van der Waals surface area contributed by atoms with E-state index >= 15 is 0 Å². The third kappa shape index (κ3) is 4.50. The van der Waals surface area contributed by atoms with Gasteiger partial charge in [0, 0.05) is 5.56 Å². The molecule has 2 aromatic carbocycles. The zero-order valence-electron chi connectivity index (χ0n) is 15.2. The number of fused-ring (bicyclic) bond motifs is 2. The van der Waals surface area contributed by atoms with E-state index < -0.39 is 5.97 Å². The summed E-state index contributed by atoms with van der Waals surface area (Å²) in [6, 6.07) is 13.9. The van der Waals surface area contributed by atoms with Gasteiger partial charge < -0.3 is 9.84 Å². The molecule has 0 spiro atoms. The van der Waals surface area contributed by atoms with Crippen LogP contribution in [0, 0.1) is 0 Å². The standard InChI is InChI=1S/C20H20O3.C2H6/c1-2-3-7-17-16-8-5-4-6-15(16)13-23-19-10-9-14(11-18(17)19)12-20(21)22;1-2/h4-11H,2-3,12-13H2,1H3,(H,21,22);1-2H3/b17-7-;. The number of hydrogen-bond donors (Lipinski definition) is 1. The number of hydrogen-bond acceptors (Lipinski definition) is 2. The number of ether oxygens (including phenoxy) is 1. The maximum absolute atomic E-state index is 11.0. The fraction of sp³-hybridized carbons (Fsp3) is 0.318. The van der Waals surface area contributed by atoms with Crippen molar-refractivity contribution in [3.05, 3.63) is 70.8 Å². The predicted octanol–water partition coefficient (Wildman–Crippen LogP) is 5.46. The van der Waals surface area contributed by atoms with Gasteiger partial charge in [-0.05, 0) is 40.8 Å². The first-order valence-corrected chi connectivity index (χ1v) is 8.95. The largest absolute Gasteiger partial charge is 0.488 e. The van der Waals surface area contributed by atoms with Gasteiger partial charge in [0.15, 0.2) is 0 Å². The molecular formula is C22H26O3. The van der Waals surface area contributed by atoms with Gasteiger partial charge in [-0.3, -0.25) is 4.79 Å². The molecule has 0 unspecified atom stereocenters. The van der Waals surface area contributed by atoms with Crippen molar-refractivity contribution >= 4 is 11.5 Å². The summed E-state index contributed by atoms with van der Waals surface area (Å²) in [5.74, 6) is -0.00308. The first-order chi connectivity index (χ1) is 12.2. The highest BCUT2D eigenvalue weighted by Gasteiger charge is 2.19. The van der Waals surface area contributed by atoms with Crippen LogP contribution < -0.4 is 4.74 Å². The molecule has 0 atom stereocenters. The van der Waals surface area contributed by atoms with Crippen molar-refractivity contribution < 1.29 is 14.6 Å². The Bertz CT molecular complexity index is 760. The van der Waals surface area contributed by atoms with E-state index in [-0.39, 0.29) is 6.42 Å². The van der Waals surface area contributed by atoms with Crippen molar-refractivity contribution in [1.29, 1.82) is 0 Å². The van der Waals surface area contributed by atoms with Gasteiger partial charge >= 0.3 is 5.97 Å². The molecule has 1 aliphatic heterocycles. The average Bonchev–Trinajstić information content (AvgIpc) is 2.78. The van der Waals surface area contributed by atoms with Gasteiger partial charge in [-0.25, -0.2) is 0 Å². The minimum absolute atomic E-state index is 0.0238. The first kappa shape index (κ1) is 18.8. The summed E-state index contributed by atoms with van der Waals surface area (Å²) in [5, 5.41) is 9.05. The molecule has 0 fully saturated rings. The second kappa shape index (κ2) is 9.07. The molecule has 0 bridgehead atoms. The lowest BCUT2D eigenvalue weighted by atomic mass is 9.92. The van der Waals surface area contributed by atoms with E-state index in [0.29, 0.717) is 6.61 Å². The second-order valence-corrected chi connectivity index (χ2v) is 5.75. The summed E-state index contributed by atoms with van der Waals surface area (Å²) >= 11 is 0. The molecule has 3 nitrogen and oxygen atoms in total. The van der Waals surface area contributed by atoms with E-state index in [9.17, 15) is 4.79 Å². The molecule has 0 saturated heterocycles. The summed E-state index contributed by atoms with van der Waals surface area (Å²) in [6.45, 7) is 6.68. The lowest BCUT2D eigenvalue weighted by molar-refractivity contribution is -0.136. The number of carboxylic acids is 1. The van der Waals surface area contributed by atoms with Gasteiger partial charge in [-0.15, -0.1) is 0 Å². The van der Waals surface area contributed by atoms with Crippen LogP contribution in [0.25, 0.3) is 5.57 Å². The van der Waals surface area contributed by atoms with Crippen molar-refractivity contribution in [3.8, 4) is 5.75 Å². The lowest BCUT2D eigenvalue weighted by Gasteiger charge is -2.12. The van der Waals surface area contributed by atoms with Crippen LogP contribution in [0.3, 0.4) is 0 Å². The smallest absolute Gasteiger partial charge is 0.307 e. The van der Waals surface area contributed by atoms with Crippen molar-refractivity contribution in [2.75, 3.05) is 0 Å². The average molecular weight is 338 g/mol. The van der Waals surface area contributed by atoms with Crippen LogP contribution in [0.1, 0.15) is 55.9 Å². The fourth-order valence-corrected chi connectivity index (χ4v) is 2.92. The topological polar surface area (TPSA) is 46.5 Å². The molecule has 3 heteroatoms. The molecule has 0 aromatic heterocycles. The fourth-order valence-electron chi connectivity index (χ4n) is 2.92. The SMILES string of the molecule is CC.CCC/C=C1/c2ccccc2COc2ccc(CC(=O)O)cc21. The zero-order chi connectivity index (χ0) is 18.2. The van der Waals surface area contributed by atoms with Gasteiger partial charge in [-0.1, -0.05) is 63.6 Å². The maximum Gasteiger partial charge on any atom is 0.307 e. The van der Waals surface area contributed by atoms with Gasteiger partial charge in [0.2, 0.25) is 0 Å². The van der Waals surface area contributed by atoms with E-state index in [1.165, 1.54) is 5.56 Å². The molecule has 2 aromatic rings. The van der Waals surface area contributed by atoms with Crippen LogP contribution in [-0.4, -0.2) is 11.1 Å². The predicted molar refractivity (Wildman–Crippen MR) is 102 cm³/mol. The lowest BCUT2D eigenvalue weighted by Crippen LogP contribution is -2.01. The normalized spacial score (nSPS) is 13.6. The van der Waals surface area contributed by atoms with Crippen molar-refractivity contribution in [2.45, 2.75) is 46.6 Å². The third-order valence-corrected chi connectivity index (χ3v) is 4.02. The molecule has 132 valence electrons. The minimum Gasteiger partial charge on any atom is -0.488 e. The molecule has 0 saturated carbocycles. The van der Waals surface area contributed by atoms with Gasteiger partial charge in [-0.2, -0.15) is 0 Å². The summed E-state index contributed by atoms with van der Waals surface area (Å²) in [4.78, 5) is 11.0. The van der Waals surface area contributed by atoms with Crippen molar-refractivity contribution in [1.82, 2.24) is 0 Å². The highest BCUT2D eigenvalue weighted by Crippen LogP contribution is 2.37. The zero-order valence-corrected chi connectivity index (χ0v) is 15.2. The molecule has 0 amide bonds. The van der Waals surface area contributed by atoms with Crippen molar-refractivity contribution in [3.63, 3.8) is 0 Å². The number of carbonyl (C=O) groups is 1. The van der Waals surface area contributed by atoms with Crippen molar-refractivity contribution in [2.24, 2.45) is 0 Å². The number of carboxylic acid groups (broad SMARTS) is 1. The van der Waals surface area contributed by atoms with Crippen LogP contribution in [0.15, 0.2) is 48.5 Å². The number of aliphatic carboxylic acids is 1. The summed E-state index contributed by atoms with van der Waals surface area (Å²) in [5.41, 5.74) is 5.25. The number of benzene rings is 2. The first-order valence-electron chi connectivity index (χ1n) is 8.95. The Kier molecular flexibility index (Phi) is 6.81. The Labute approximate surface area is 150 Å². The Morgan fingerprint density at radius 2 is 1.92 bits per heavy atom. The van der Waals surface area contributed by atoms with Gasteiger partial charge in [0.1, 0.15) is 12.4 Å². The third-order valence-electron chi connectivity index (χ3n) is 4.02. The molecule has 1 aliphatic rings. The quantitative estimate of drug-likeness (QED) is 0.804. The van der Waals surface area contributed by atoms with Crippen LogP contribution in [0.4, 0.5) is 0 Å². The van der Waals surface area contributed by atoms with Gasteiger partial charge in [0.25, 0.3) is 0 Å². The number of unbranched alkanes of at least 4 members (excludes halogenated alkanes) is 1. The Morgan fingerprint density at radius 1 is 1.16 bits per heavy atom. The molecular weight excluding hydrogens is 312 g/mol. The Morgan fingerprint density at radius 3 is 2.64 bits per heavy atom. The highest BCUT2D eigenvalue weighted by atomic mass is 16.5. The number of allylic oxidation sites excluding steroid dienone is 1. The van der Waals surface area contributed by atoms with E-state index in [2.05, 4.69) is 25.1 Å². The summed E-state index contributed by atoms with van der Waals surface area (Å²) in [7, 11) is 0.